The zero-order valence-corrected chi connectivity index (χ0v) is 10.2. The zero-order chi connectivity index (χ0) is 11.8. The maximum atomic E-state index is 5.83. The van der Waals surface area contributed by atoms with Gasteiger partial charge in [-0.3, -0.25) is 4.84 Å². The lowest BCUT2D eigenvalue weighted by Crippen LogP contribution is -2.47. The van der Waals surface area contributed by atoms with Gasteiger partial charge in [-0.05, 0) is 19.9 Å². The summed E-state index contributed by atoms with van der Waals surface area (Å²) in [5, 5.41) is 1.77. The monoisotopic (exact) mass is 229 g/mol. The van der Waals surface area contributed by atoms with Gasteiger partial charge >= 0.3 is 0 Å². The van der Waals surface area contributed by atoms with Gasteiger partial charge in [-0.15, -0.1) is 0 Å². The largest absolute Gasteiger partial charge is 0.499 e. The van der Waals surface area contributed by atoms with E-state index < -0.39 is 5.79 Å². The predicted octanol–water partition coefficient (Wildman–Crippen LogP) is 0.914. The van der Waals surface area contributed by atoms with Crippen molar-refractivity contribution in [1.82, 2.24) is 5.06 Å². The summed E-state index contributed by atoms with van der Waals surface area (Å²) < 4.78 is 16.7. The molecule has 0 spiro atoms. The van der Waals surface area contributed by atoms with Crippen LogP contribution in [0.2, 0.25) is 0 Å². The number of hydrogen-bond acceptors (Lipinski definition) is 5. The second-order valence-electron chi connectivity index (χ2n) is 4.46. The average molecular weight is 229 g/mol. The summed E-state index contributed by atoms with van der Waals surface area (Å²) in [4.78, 5) is 5.44. The highest BCUT2D eigenvalue weighted by Gasteiger charge is 2.42. The summed E-state index contributed by atoms with van der Waals surface area (Å²) in [5.41, 5.74) is 0. The highest BCUT2D eigenvalue weighted by Crippen LogP contribution is 2.30. The third-order valence-corrected chi connectivity index (χ3v) is 2.86. The van der Waals surface area contributed by atoms with Crippen molar-refractivity contribution in [2.75, 3.05) is 27.4 Å². The Labute approximate surface area is 95.9 Å². The van der Waals surface area contributed by atoms with Gasteiger partial charge in [0.2, 0.25) is 0 Å². The average Bonchev–Trinajstić information content (AvgIpc) is 2.58. The van der Waals surface area contributed by atoms with Gasteiger partial charge in [0.1, 0.15) is 17.9 Å². The quantitative estimate of drug-likeness (QED) is 0.704. The van der Waals surface area contributed by atoms with Crippen molar-refractivity contribution in [3.8, 4) is 0 Å². The van der Waals surface area contributed by atoms with E-state index in [2.05, 4.69) is 0 Å². The Morgan fingerprint density at radius 2 is 2.25 bits per heavy atom. The van der Waals surface area contributed by atoms with E-state index in [-0.39, 0.29) is 12.1 Å². The fourth-order valence-electron chi connectivity index (χ4n) is 2.11. The maximum Gasteiger partial charge on any atom is 0.163 e. The van der Waals surface area contributed by atoms with Crippen molar-refractivity contribution in [2.45, 2.75) is 31.8 Å². The molecular weight excluding hydrogens is 210 g/mol. The number of nitrogens with zero attached hydrogens (tertiary/aromatic N) is 1. The van der Waals surface area contributed by atoms with Crippen LogP contribution in [-0.2, 0) is 19.0 Å². The molecule has 2 aliphatic heterocycles. The summed E-state index contributed by atoms with van der Waals surface area (Å²) in [6, 6.07) is -0.0412. The van der Waals surface area contributed by atoms with Crippen molar-refractivity contribution in [2.24, 2.45) is 0 Å². The molecule has 1 saturated heterocycles. The molecule has 2 heterocycles. The minimum Gasteiger partial charge on any atom is -0.499 e. The van der Waals surface area contributed by atoms with Gasteiger partial charge < -0.3 is 14.2 Å². The van der Waals surface area contributed by atoms with Crippen LogP contribution in [0.1, 0.15) is 13.8 Å². The molecule has 0 aliphatic carbocycles. The van der Waals surface area contributed by atoms with Crippen molar-refractivity contribution in [3.05, 3.63) is 11.8 Å². The van der Waals surface area contributed by atoms with Crippen LogP contribution in [0.25, 0.3) is 0 Å². The number of hydroxylamine groups is 2. The van der Waals surface area contributed by atoms with E-state index in [0.717, 1.165) is 5.76 Å². The molecule has 5 nitrogen and oxygen atoms in total. The molecule has 2 aliphatic rings. The molecule has 0 aromatic carbocycles. The van der Waals surface area contributed by atoms with Gasteiger partial charge in [-0.25, -0.2) is 0 Å². The fraction of sp³-hybridized carbons (Fsp3) is 0.818. The molecule has 0 amide bonds. The van der Waals surface area contributed by atoms with Crippen molar-refractivity contribution in [3.63, 3.8) is 0 Å². The summed E-state index contributed by atoms with van der Waals surface area (Å²) >= 11 is 0. The summed E-state index contributed by atoms with van der Waals surface area (Å²) in [7, 11) is 3.55. The molecule has 2 rings (SSSR count). The van der Waals surface area contributed by atoms with E-state index >= 15 is 0 Å². The lowest BCUT2D eigenvalue weighted by molar-refractivity contribution is -0.204. The molecular formula is C11H19NO4. The van der Waals surface area contributed by atoms with Crippen LogP contribution in [0, 0.1) is 0 Å². The Kier molecular flexibility index (Phi) is 3.21. The van der Waals surface area contributed by atoms with Crippen LogP contribution in [-0.4, -0.2) is 50.4 Å². The first kappa shape index (κ1) is 11.9. The Balaban J connectivity index is 2.12. The second kappa shape index (κ2) is 4.33. The predicted molar refractivity (Wildman–Crippen MR) is 57.5 cm³/mol. The molecule has 1 fully saturated rings. The maximum absolute atomic E-state index is 5.83. The van der Waals surface area contributed by atoms with Gasteiger partial charge in [0.15, 0.2) is 5.79 Å². The minimum absolute atomic E-state index is 0.0412. The smallest absolute Gasteiger partial charge is 0.163 e. The molecule has 0 radical (unpaired) electrons. The highest BCUT2D eigenvalue weighted by molar-refractivity contribution is 5.09. The Morgan fingerprint density at radius 3 is 2.81 bits per heavy atom. The third-order valence-electron chi connectivity index (χ3n) is 2.86. The van der Waals surface area contributed by atoms with E-state index in [1.807, 2.05) is 27.0 Å². The first-order chi connectivity index (χ1) is 7.53. The summed E-state index contributed by atoms with van der Waals surface area (Å²) in [6.45, 7) is 4.90. The van der Waals surface area contributed by atoms with E-state index in [4.69, 9.17) is 19.0 Å². The van der Waals surface area contributed by atoms with Crippen LogP contribution < -0.4 is 0 Å². The second-order valence-corrected chi connectivity index (χ2v) is 4.46. The van der Waals surface area contributed by atoms with Gasteiger partial charge in [0, 0.05) is 7.05 Å². The molecule has 0 N–H and O–H groups in total. The third kappa shape index (κ3) is 2.22. The molecule has 2 atom stereocenters. The molecule has 92 valence electrons. The van der Waals surface area contributed by atoms with Crippen LogP contribution in [0.4, 0.5) is 0 Å². The van der Waals surface area contributed by atoms with E-state index in [9.17, 15) is 0 Å². The van der Waals surface area contributed by atoms with Gasteiger partial charge in [-0.1, -0.05) is 0 Å². The number of hydrogen-bond donors (Lipinski definition) is 0. The molecule has 0 bridgehead atoms. The number of ether oxygens (including phenoxy) is 3. The molecule has 0 aromatic rings. The molecule has 16 heavy (non-hydrogen) atoms. The summed E-state index contributed by atoms with van der Waals surface area (Å²) in [6.07, 6.45) is 1.87. The van der Waals surface area contributed by atoms with E-state index in [1.165, 1.54) is 0 Å². The van der Waals surface area contributed by atoms with Crippen molar-refractivity contribution in [1.29, 1.82) is 0 Å². The lowest BCUT2D eigenvalue weighted by Gasteiger charge is -2.34. The van der Waals surface area contributed by atoms with Crippen molar-refractivity contribution >= 4 is 0 Å². The van der Waals surface area contributed by atoms with Crippen LogP contribution >= 0.6 is 0 Å². The number of likely N-dealkylation sites (N-methyl/N-ethyl adjacent to an activating group) is 1. The summed E-state index contributed by atoms with van der Waals surface area (Å²) in [5.74, 6) is 0.349. The lowest BCUT2D eigenvalue weighted by atomic mass is 10.1. The van der Waals surface area contributed by atoms with Crippen LogP contribution in [0.5, 0.6) is 0 Å². The first-order valence-electron chi connectivity index (χ1n) is 5.45. The highest BCUT2D eigenvalue weighted by atomic mass is 16.7. The molecule has 5 heteroatoms. The van der Waals surface area contributed by atoms with Gasteiger partial charge in [0.05, 0.1) is 20.3 Å². The van der Waals surface area contributed by atoms with Crippen molar-refractivity contribution < 1.29 is 19.0 Å². The van der Waals surface area contributed by atoms with Gasteiger partial charge in [-0.2, -0.15) is 5.06 Å². The fourth-order valence-corrected chi connectivity index (χ4v) is 2.11. The molecule has 0 saturated carbocycles. The first-order valence-corrected chi connectivity index (χ1v) is 5.45. The molecule has 0 aromatic heterocycles. The van der Waals surface area contributed by atoms with E-state index in [0.29, 0.717) is 13.2 Å². The minimum atomic E-state index is -0.526. The number of methoxy groups -OCH3 is 1. The number of rotatable bonds is 2. The van der Waals surface area contributed by atoms with Crippen LogP contribution in [0.3, 0.4) is 0 Å². The topological polar surface area (TPSA) is 40.2 Å². The Hall–Kier alpha value is -0.620. The van der Waals surface area contributed by atoms with Crippen LogP contribution in [0.15, 0.2) is 11.8 Å². The Bertz CT molecular complexity index is 290. The Morgan fingerprint density at radius 1 is 1.50 bits per heavy atom. The van der Waals surface area contributed by atoms with E-state index in [1.54, 1.807) is 12.2 Å². The zero-order valence-electron chi connectivity index (χ0n) is 10.2. The van der Waals surface area contributed by atoms with Gasteiger partial charge in [0.25, 0.3) is 0 Å². The normalized spacial score (nSPS) is 34.9. The SMILES string of the molecule is COC1=CCON(C)[C@@H]1[C@H]1COC(C)(C)O1. The molecule has 0 unspecified atom stereocenters. The standard InChI is InChI=1S/C11H19NO4/c1-11(2)14-7-9(16-11)10-8(13-4)5-6-15-12(10)3/h5,9-10H,6-7H2,1-4H3/t9-,10+/m1/s1.